The number of likely N-dealkylation sites (tertiary alicyclic amines) is 1. The molecule has 0 radical (unpaired) electrons. The van der Waals surface area contributed by atoms with Gasteiger partial charge < -0.3 is 15.3 Å². The van der Waals surface area contributed by atoms with Crippen molar-refractivity contribution < 1.29 is 14.3 Å². The molecule has 1 fully saturated rings. The van der Waals surface area contributed by atoms with Gasteiger partial charge in [-0.25, -0.2) is 9.18 Å². The molecule has 114 valence electrons. The Morgan fingerprint density at radius 2 is 2.33 bits per heavy atom. The summed E-state index contributed by atoms with van der Waals surface area (Å²) in [4.78, 5) is 14.7. The first-order chi connectivity index (χ1) is 10.2. The number of urea groups is 1. The molecule has 4 nitrogen and oxygen atoms in total. The Morgan fingerprint density at radius 1 is 1.48 bits per heavy atom. The monoisotopic (exact) mass is 310 g/mol. The van der Waals surface area contributed by atoms with E-state index in [1.54, 1.807) is 11.0 Å². The van der Waals surface area contributed by atoms with E-state index in [1.165, 1.54) is 17.8 Å². The number of halogens is 1. The summed E-state index contributed by atoms with van der Waals surface area (Å²) in [5.41, 5.74) is 0.861. The second-order valence-corrected chi connectivity index (χ2v) is 6.57. The van der Waals surface area contributed by atoms with Crippen LogP contribution in [0.15, 0.2) is 23.1 Å². The van der Waals surface area contributed by atoms with Gasteiger partial charge in [-0.2, -0.15) is 0 Å². The number of aliphatic hydroxyl groups excluding tert-OH is 1. The Kier molecular flexibility index (Phi) is 4.35. The first kappa shape index (κ1) is 14.7. The average molecular weight is 310 g/mol. The second-order valence-electron chi connectivity index (χ2n) is 5.47. The molecule has 2 aliphatic heterocycles. The number of rotatable bonds is 2. The van der Waals surface area contributed by atoms with Gasteiger partial charge in [0.1, 0.15) is 5.82 Å². The Balaban J connectivity index is 1.75. The number of aliphatic hydroxyl groups is 1. The van der Waals surface area contributed by atoms with E-state index in [1.807, 2.05) is 6.07 Å². The lowest BCUT2D eigenvalue weighted by atomic mass is 10.0. The van der Waals surface area contributed by atoms with Crippen LogP contribution in [-0.4, -0.2) is 41.0 Å². The number of fused-ring (bicyclic) bond motifs is 1. The maximum atomic E-state index is 13.8. The molecule has 0 aliphatic carbocycles. The maximum absolute atomic E-state index is 13.8. The Labute approximate surface area is 127 Å². The lowest BCUT2D eigenvalue weighted by molar-refractivity contribution is 0.154. The number of nitrogens with one attached hydrogen (secondary N) is 1. The average Bonchev–Trinajstić information content (AvgIpc) is 2.97. The van der Waals surface area contributed by atoms with E-state index < -0.39 is 0 Å². The molecule has 2 unspecified atom stereocenters. The number of hydrogen-bond acceptors (Lipinski definition) is 3. The van der Waals surface area contributed by atoms with Crippen molar-refractivity contribution in [3.05, 3.63) is 29.6 Å². The number of nitrogens with zero attached hydrogens (tertiary/aromatic N) is 1. The van der Waals surface area contributed by atoms with Crippen LogP contribution in [0.5, 0.6) is 0 Å². The molecule has 0 bridgehead atoms. The van der Waals surface area contributed by atoms with Gasteiger partial charge in [-0.3, -0.25) is 0 Å². The molecule has 1 aromatic rings. The summed E-state index contributed by atoms with van der Waals surface area (Å²) in [5, 5.41) is 12.3. The molecule has 21 heavy (non-hydrogen) atoms. The molecule has 2 atom stereocenters. The third-order valence-corrected chi connectivity index (χ3v) is 5.33. The van der Waals surface area contributed by atoms with Crippen molar-refractivity contribution in [2.45, 2.75) is 36.2 Å². The highest BCUT2D eigenvalue weighted by atomic mass is 32.2. The fourth-order valence-electron chi connectivity index (χ4n) is 3.06. The second kappa shape index (κ2) is 6.23. The minimum atomic E-state index is -0.217. The summed E-state index contributed by atoms with van der Waals surface area (Å²) in [5.74, 6) is 0.577. The van der Waals surface area contributed by atoms with E-state index in [0.29, 0.717) is 11.4 Å². The van der Waals surface area contributed by atoms with Crippen LogP contribution in [0.2, 0.25) is 0 Å². The zero-order chi connectivity index (χ0) is 14.8. The first-order valence-corrected chi connectivity index (χ1v) is 8.28. The molecule has 0 saturated carbocycles. The predicted octanol–water partition coefficient (Wildman–Crippen LogP) is 2.53. The summed E-state index contributed by atoms with van der Waals surface area (Å²) in [6.07, 6.45) is 2.56. The molecular weight excluding hydrogens is 291 g/mol. The molecule has 3 rings (SSSR count). The van der Waals surface area contributed by atoms with Crippen LogP contribution in [0, 0.1) is 5.82 Å². The zero-order valence-corrected chi connectivity index (χ0v) is 12.5. The summed E-state index contributed by atoms with van der Waals surface area (Å²) >= 11 is 1.50. The maximum Gasteiger partial charge on any atom is 0.318 e. The van der Waals surface area contributed by atoms with E-state index in [9.17, 15) is 14.3 Å². The fourth-order valence-corrected chi connectivity index (χ4v) is 4.20. The summed E-state index contributed by atoms with van der Waals surface area (Å²) < 4.78 is 13.8. The number of benzene rings is 1. The van der Waals surface area contributed by atoms with E-state index in [2.05, 4.69) is 5.32 Å². The number of carbonyl (C=O) groups excluding carboxylic acids is 1. The minimum absolute atomic E-state index is 0.000840. The number of carbonyl (C=O) groups is 1. The van der Waals surface area contributed by atoms with Crippen molar-refractivity contribution >= 4 is 17.8 Å². The van der Waals surface area contributed by atoms with Crippen molar-refractivity contribution in [3.8, 4) is 0 Å². The molecule has 2 aliphatic rings. The van der Waals surface area contributed by atoms with Crippen molar-refractivity contribution in [1.82, 2.24) is 10.2 Å². The van der Waals surface area contributed by atoms with Crippen molar-refractivity contribution in [2.24, 2.45) is 0 Å². The van der Waals surface area contributed by atoms with Crippen LogP contribution in [0.25, 0.3) is 0 Å². The standard InChI is InChI=1S/C15H19FN2O2S/c16-12-5-1-4-11-13(6-8-21-14(11)12)17-15(20)18-7-2-3-10(18)9-19/h1,4-5,10,13,19H,2-3,6-9H2,(H,17,20). The van der Waals surface area contributed by atoms with Gasteiger partial charge in [0.15, 0.2) is 0 Å². The van der Waals surface area contributed by atoms with Crippen LogP contribution in [0.1, 0.15) is 30.9 Å². The highest BCUT2D eigenvalue weighted by Crippen LogP contribution is 2.37. The largest absolute Gasteiger partial charge is 0.394 e. The molecule has 1 saturated heterocycles. The molecular formula is C15H19FN2O2S. The third-order valence-electron chi connectivity index (χ3n) is 4.17. The first-order valence-electron chi connectivity index (χ1n) is 7.30. The Hall–Kier alpha value is -1.27. The van der Waals surface area contributed by atoms with Gasteiger partial charge in [-0.1, -0.05) is 12.1 Å². The van der Waals surface area contributed by atoms with Crippen molar-refractivity contribution in [2.75, 3.05) is 18.9 Å². The van der Waals surface area contributed by atoms with E-state index >= 15 is 0 Å². The Bertz CT molecular complexity index is 540. The fraction of sp³-hybridized carbons (Fsp3) is 0.533. The highest BCUT2D eigenvalue weighted by Gasteiger charge is 2.31. The number of hydrogen-bond donors (Lipinski definition) is 2. The van der Waals surface area contributed by atoms with Gasteiger partial charge in [0.05, 0.1) is 18.7 Å². The minimum Gasteiger partial charge on any atom is -0.394 e. The van der Waals surface area contributed by atoms with Crippen LogP contribution in [0.4, 0.5) is 9.18 Å². The topological polar surface area (TPSA) is 52.6 Å². The summed E-state index contributed by atoms with van der Waals surface area (Å²) in [7, 11) is 0. The van der Waals surface area contributed by atoms with Gasteiger partial charge in [0, 0.05) is 17.2 Å². The van der Waals surface area contributed by atoms with Gasteiger partial charge >= 0.3 is 6.03 Å². The molecule has 2 heterocycles. The van der Waals surface area contributed by atoms with E-state index in [0.717, 1.165) is 30.6 Å². The molecule has 0 spiro atoms. The lowest BCUT2D eigenvalue weighted by Gasteiger charge is -2.30. The van der Waals surface area contributed by atoms with Crippen LogP contribution in [-0.2, 0) is 0 Å². The lowest BCUT2D eigenvalue weighted by Crippen LogP contribution is -2.45. The zero-order valence-electron chi connectivity index (χ0n) is 11.7. The van der Waals surface area contributed by atoms with Crippen molar-refractivity contribution in [3.63, 3.8) is 0 Å². The van der Waals surface area contributed by atoms with Crippen LogP contribution in [0.3, 0.4) is 0 Å². The van der Waals surface area contributed by atoms with Gasteiger partial charge in [0.2, 0.25) is 0 Å². The SMILES string of the molecule is O=C(NC1CCSc2c(F)cccc21)N1CCCC1CO. The van der Waals surface area contributed by atoms with E-state index in [-0.39, 0.29) is 30.5 Å². The van der Waals surface area contributed by atoms with Crippen LogP contribution < -0.4 is 5.32 Å². The quantitative estimate of drug-likeness (QED) is 0.882. The van der Waals surface area contributed by atoms with Crippen LogP contribution >= 0.6 is 11.8 Å². The van der Waals surface area contributed by atoms with E-state index in [4.69, 9.17) is 0 Å². The molecule has 0 aromatic heterocycles. The number of thioether (sulfide) groups is 1. The van der Waals surface area contributed by atoms with Crippen molar-refractivity contribution in [1.29, 1.82) is 0 Å². The molecule has 6 heteroatoms. The summed E-state index contributed by atoms with van der Waals surface area (Å²) in [6.45, 7) is 0.674. The van der Waals surface area contributed by atoms with Gasteiger partial charge in [0.25, 0.3) is 0 Å². The molecule has 2 amide bonds. The molecule has 1 aromatic carbocycles. The van der Waals surface area contributed by atoms with Gasteiger partial charge in [-0.05, 0) is 30.9 Å². The smallest absolute Gasteiger partial charge is 0.318 e. The molecule has 2 N–H and O–H groups in total. The highest BCUT2D eigenvalue weighted by molar-refractivity contribution is 7.99. The van der Waals surface area contributed by atoms with Gasteiger partial charge in [-0.15, -0.1) is 11.8 Å². The number of amides is 2. The third kappa shape index (κ3) is 2.87. The summed E-state index contributed by atoms with van der Waals surface area (Å²) in [6, 6.07) is 4.63. The predicted molar refractivity (Wildman–Crippen MR) is 79.8 cm³/mol. The normalized spacial score (nSPS) is 24.8. The Morgan fingerprint density at radius 3 is 3.14 bits per heavy atom.